The second kappa shape index (κ2) is 9.24. The first-order valence-corrected chi connectivity index (χ1v) is 8.50. The van der Waals surface area contributed by atoms with Gasteiger partial charge in [-0.05, 0) is 24.3 Å². The minimum atomic E-state index is -1.76. The molecule has 5 atom stereocenters. The Hall–Kier alpha value is -3.34. The number of benzene rings is 1. The predicted molar refractivity (Wildman–Crippen MR) is 94.4 cm³/mol. The average molecular weight is 411 g/mol. The maximum absolute atomic E-state index is 11.7. The quantitative estimate of drug-likeness (QED) is 0.375. The first-order chi connectivity index (χ1) is 13.6. The monoisotopic (exact) mass is 411 g/mol. The Morgan fingerprint density at radius 1 is 0.862 bits per heavy atom. The topological polar surface area (TPSA) is 161 Å². The number of esters is 3. The molecule has 1 aliphatic heterocycles. The first kappa shape index (κ1) is 22.0. The van der Waals surface area contributed by atoms with Crippen LogP contribution < -0.4 is 10.5 Å². The molecular weight excluding hydrogens is 390 g/mol. The summed E-state index contributed by atoms with van der Waals surface area (Å²) in [4.78, 5) is 46.4. The largest absolute Gasteiger partial charge is 0.479 e. The summed E-state index contributed by atoms with van der Waals surface area (Å²) in [5.41, 5.74) is 6.07. The zero-order valence-electron chi connectivity index (χ0n) is 15.9. The van der Waals surface area contributed by atoms with Crippen molar-refractivity contribution in [1.29, 1.82) is 0 Å². The summed E-state index contributed by atoms with van der Waals surface area (Å²) in [5, 5.41) is 9.53. The fraction of sp³-hybridized carbons (Fsp3) is 0.444. The molecule has 11 nitrogen and oxygen atoms in total. The van der Waals surface area contributed by atoms with E-state index in [9.17, 15) is 24.3 Å². The van der Waals surface area contributed by atoms with E-state index in [2.05, 4.69) is 0 Å². The first-order valence-electron chi connectivity index (χ1n) is 8.50. The van der Waals surface area contributed by atoms with E-state index in [1.807, 2.05) is 0 Å². The number of carboxylic acids is 1. The highest BCUT2D eigenvalue weighted by atomic mass is 16.7. The number of anilines is 1. The molecule has 11 heteroatoms. The highest BCUT2D eigenvalue weighted by molar-refractivity contribution is 5.75. The van der Waals surface area contributed by atoms with Gasteiger partial charge in [-0.25, -0.2) is 4.79 Å². The van der Waals surface area contributed by atoms with Crippen molar-refractivity contribution in [2.24, 2.45) is 0 Å². The third-order valence-corrected chi connectivity index (χ3v) is 3.78. The summed E-state index contributed by atoms with van der Waals surface area (Å²) in [6, 6.07) is 6.02. The van der Waals surface area contributed by atoms with E-state index >= 15 is 0 Å². The van der Waals surface area contributed by atoms with Gasteiger partial charge in [0.15, 0.2) is 18.3 Å². The molecule has 1 aromatic rings. The smallest absolute Gasteiger partial charge is 0.337 e. The number of carbonyl (C=O) groups is 4. The van der Waals surface area contributed by atoms with Crippen LogP contribution in [0.15, 0.2) is 24.3 Å². The Morgan fingerprint density at radius 3 is 1.83 bits per heavy atom. The molecule has 0 aliphatic carbocycles. The molecule has 0 saturated carbocycles. The van der Waals surface area contributed by atoms with Gasteiger partial charge in [0, 0.05) is 26.5 Å². The lowest BCUT2D eigenvalue weighted by atomic mass is 9.97. The van der Waals surface area contributed by atoms with E-state index in [0.717, 1.165) is 20.8 Å². The van der Waals surface area contributed by atoms with Crippen LogP contribution in [-0.2, 0) is 38.1 Å². The second-order valence-electron chi connectivity index (χ2n) is 6.17. The van der Waals surface area contributed by atoms with E-state index in [-0.39, 0.29) is 5.75 Å². The molecule has 5 unspecified atom stereocenters. The fourth-order valence-electron chi connectivity index (χ4n) is 2.75. The van der Waals surface area contributed by atoms with Gasteiger partial charge in [-0.3, -0.25) is 14.4 Å². The lowest BCUT2D eigenvalue weighted by Gasteiger charge is -2.42. The predicted octanol–water partition coefficient (Wildman–Crippen LogP) is 0.252. The molecular formula is C18H21NO10. The SMILES string of the molecule is CC(=O)OC1C(Oc2ccc(N)cc2)OC(C(=O)O)C(OC(C)=O)C1OC(C)=O. The molecule has 0 amide bonds. The van der Waals surface area contributed by atoms with Gasteiger partial charge in [-0.1, -0.05) is 0 Å². The maximum Gasteiger partial charge on any atom is 0.337 e. The summed E-state index contributed by atoms with van der Waals surface area (Å²) >= 11 is 0. The molecule has 29 heavy (non-hydrogen) atoms. The molecule has 1 aliphatic rings. The third kappa shape index (κ3) is 5.82. The van der Waals surface area contributed by atoms with Crippen molar-refractivity contribution in [2.75, 3.05) is 5.73 Å². The summed E-state index contributed by atoms with van der Waals surface area (Å²) in [5.74, 6) is -3.72. The van der Waals surface area contributed by atoms with E-state index in [0.29, 0.717) is 5.69 Å². The van der Waals surface area contributed by atoms with Crippen molar-refractivity contribution in [3.8, 4) is 5.75 Å². The average Bonchev–Trinajstić information content (AvgIpc) is 2.60. The minimum Gasteiger partial charge on any atom is -0.479 e. The van der Waals surface area contributed by atoms with Gasteiger partial charge in [0.25, 0.3) is 0 Å². The van der Waals surface area contributed by atoms with Crippen LogP contribution in [0.1, 0.15) is 20.8 Å². The van der Waals surface area contributed by atoms with Crippen molar-refractivity contribution in [1.82, 2.24) is 0 Å². The van der Waals surface area contributed by atoms with Crippen LogP contribution in [0.4, 0.5) is 5.69 Å². The number of hydrogen-bond donors (Lipinski definition) is 2. The number of carboxylic acid groups (broad SMARTS) is 1. The number of hydrogen-bond acceptors (Lipinski definition) is 10. The van der Waals surface area contributed by atoms with Gasteiger partial charge in [-0.2, -0.15) is 0 Å². The molecule has 3 N–H and O–H groups in total. The van der Waals surface area contributed by atoms with Gasteiger partial charge in [0.2, 0.25) is 12.4 Å². The zero-order chi connectivity index (χ0) is 21.7. The van der Waals surface area contributed by atoms with E-state index < -0.39 is 54.6 Å². The Morgan fingerprint density at radius 2 is 1.34 bits per heavy atom. The number of ether oxygens (including phenoxy) is 5. The molecule has 1 heterocycles. The molecule has 1 aromatic carbocycles. The van der Waals surface area contributed by atoms with Crippen LogP contribution in [0, 0.1) is 0 Å². The lowest BCUT2D eigenvalue weighted by Crippen LogP contribution is -2.64. The van der Waals surface area contributed by atoms with Gasteiger partial charge in [0.1, 0.15) is 5.75 Å². The molecule has 0 aromatic heterocycles. The van der Waals surface area contributed by atoms with E-state index in [1.165, 1.54) is 24.3 Å². The number of nitrogens with two attached hydrogens (primary N) is 1. The van der Waals surface area contributed by atoms with Crippen molar-refractivity contribution in [3.63, 3.8) is 0 Å². The number of aliphatic carboxylic acids is 1. The van der Waals surface area contributed by atoms with E-state index in [4.69, 9.17) is 29.4 Å². The van der Waals surface area contributed by atoms with Crippen molar-refractivity contribution < 1.29 is 48.0 Å². The second-order valence-corrected chi connectivity index (χ2v) is 6.17. The summed E-state index contributed by atoms with van der Waals surface area (Å²) in [7, 11) is 0. The van der Waals surface area contributed by atoms with Crippen molar-refractivity contribution >= 4 is 29.6 Å². The molecule has 0 bridgehead atoms. The van der Waals surface area contributed by atoms with Gasteiger partial charge >= 0.3 is 23.9 Å². The van der Waals surface area contributed by atoms with Gasteiger partial charge < -0.3 is 34.5 Å². The number of nitrogen functional groups attached to an aromatic ring is 1. The highest BCUT2D eigenvalue weighted by Crippen LogP contribution is 2.31. The van der Waals surface area contributed by atoms with Crippen LogP contribution in [-0.4, -0.2) is 59.7 Å². The zero-order valence-corrected chi connectivity index (χ0v) is 15.9. The molecule has 0 spiro atoms. The Kier molecular flexibility index (Phi) is 6.99. The fourth-order valence-corrected chi connectivity index (χ4v) is 2.75. The highest BCUT2D eigenvalue weighted by Gasteiger charge is 2.55. The van der Waals surface area contributed by atoms with E-state index in [1.54, 1.807) is 0 Å². The van der Waals surface area contributed by atoms with Crippen molar-refractivity contribution in [3.05, 3.63) is 24.3 Å². The molecule has 158 valence electrons. The standard InChI is InChI=1S/C18H21NO10/c1-8(20)25-13-14(26-9(2)21)16(27-10(3)22)18(29-15(13)17(23)24)28-12-6-4-11(19)5-7-12/h4-7,13-16,18H,19H2,1-3H3,(H,23,24). The van der Waals surface area contributed by atoms with Crippen LogP contribution in [0.2, 0.25) is 0 Å². The summed E-state index contributed by atoms with van der Waals surface area (Å²) < 4.78 is 26.4. The van der Waals surface area contributed by atoms with Gasteiger partial charge in [0.05, 0.1) is 0 Å². The maximum atomic E-state index is 11.7. The van der Waals surface area contributed by atoms with Crippen molar-refractivity contribution in [2.45, 2.75) is 51.5 Å². The molecule has 1 saturated heterocycles. The van der Waals surface area contributed by atoms with Crippen LogP contribution in [0.25, 0.3) is 0 Å². The van der Waals surface area contributed by atoms with Crippen LogP contribution in [0.3, 0.4) is 0 Å². The lowest BCUT2D eigenvalue weighted by molar-refractivity contribution is -0.281. The molecule has 2 rings (SSSR count). The summed E-state index contributed by atoms with van der Waals surface area (Å²) in [6.07, 6.45) is -7.74. The Labute approximate surface area is 165 Å². The number of carbonyl (C=O) groups excluding carboxylic acids is 3. The Bertz CT molecular complexity index is 777. The molecule has 0 radical (unpaired) electrons. The minimum absolute atomic E-state index is 0.220. The summed E-state index contributed by atoms with van der Waals surface area (Å²) in [6.45, 7) is 3.20. The normalized spacial score (nSPS) is 26.1. The number of rotatable bonds is 6. The van der Waals surface area contributed by atoms with Crippen LogP contribution >= 0.6 is 0 Å². The van der Waals surface area contributed by atoms with Gasteiger partial charge in [-0.15, -0.1) is 0 Å². The van der Waals surface area contributed by atoms with Crippen LogP contribution in [0.5, 0.6) is 5.75 Å². The molecule has 1 fully saturated rings. The third-order valence-electron chi connectivity index (χ3n) is 3.78. The Balaban J connectivity index is 2.45.